The van der Waals surface area contributed by atoms with Gasteiger partial charge in [-0.05, 0) is 60.0 Å². The number of imidazole rings is 1. The number of carbonyl (C=O) groups is 1. The quantitative estimate of drug-likeness (QED) is 0.294. The molecule has 5 rings (SSSR count). The van der Waals surface area contributed by atoms with Gasteiger partial charge in [0.2, 0.25) is 11.5 Å². The molecule has 0 saturated heterocycles. The maximum atomic E-state index is 11.7. The summed E-state index contributed by atoms with van der Waals surface area (Å²) in [6.45, 7) is 4.07. The normalized spacial score (nSPS) is 11.1. The van der Waals surface area contributed by atoms with Crippen molar-refractivity contribution in [3.8, 4) is 16.8 Å². The number of para-hydroxylation sites is 3. The molecule has 0 aliphatic carbocycles. The van der Waals surface area contributed by atoms with E-state index >= 15 is 0 Å². The Morgan fingerprint density at radius 2 is 1.57 bits per heavy atom. The topological polar surface area (TPSA) is 62.8 Å². The molecule has 174 valence electrons. The van der Waals surface area contributed by atoms with E-state index in [4.69, 9.17) is 17.0 Å². The molecule has 0 aliphatic heterocycles. The van der Waals surface area contributed by atoms with Gasteiger partial charge in [0.1, 0.15) is 0 Å². The van der Waals surface area contributed by atoms with E-state index in [2.05, 4.69) is 24.4 Å². The Hall–Kier alpha value is -4.09. The number of halogens is 1. The Morgan fingerprint density at radius 1 is 0.886 bits per heavy atom. The summed E-state index contributed by atoms with van der Waals surface area (Å²) < 4.78 is 3.94. The van der Waals surface area contributed by atoms with E-state index in [0.29, 0.717) is 17.2 Å². The number of hydrogen-bond donors (Lipinski definition) is 2. The summed E-state index contributed by atoms with van der Waals surface area (Å²) in [5, 5.41) is 12.7. The fraction of sp³-hybridized carbons (Fsp3) is 0.103. The number of nitrogens with one attached hydrogen (secondary N) is 2. The third kappa shape index (κ3) is 4.27. The molecule has 4 aromatic carbocycles. The summed E-state index contributed by atoms with van der Waals surface area (Å²) >= 11 is 6.43. The molecule has 0 atom stereocenters. The second kappa shape index (κ2) is 9.28. The van der Waals surface area contributed by atoms with Gasteiger partial charge in [0.25, 0.3) is 0 Å². The standard InChI is InChI=1S/C29H25ClN4O/c1-19-17-22(15-16-23(19)24-10-4-6-12-26(24)32-20(2)35)34-28-14-8-7-13-27(28)33(29(34)31)18-21-9-3-5-11-25(21)30/h3-17,31H,18H2,1-2H3,(H,32,35). The van der Waals surface area contributed by atoms with Crippen LogP contribution in [0.2, 0.25) is 5.02 Å². The van der Waals surface area contributed by atoms with Crippen LogP contribution in [0, 0.1) is 12.3 Å². The molecule has 1 heterocycles. The summed E-state index contributed by atoms with van der Waals surface area (Å²) in [5.74, 6) is -0.104. The Balaban J connectivity index is 1.63. The number of anilines is 1. The molecule has 0 saturated carbocycles. The van der Waals surface area contributed by atoms with Gasteiger partial charge in [-0.15, -0.1) is 0 Å². The zero-order valence-corrected chi connectivity index (χ0v) is 20.3. The number of hydrogen-bond acceptors (Lipinski definition) is 2. The van der Waals surface area contributed by atoms with Crippen LogP contribution in [0.5, 0.6) is 0 Å². The molecule has 5 nitrogen and oxygen atoms in total. The molecule has 0 fully saturated rings. The van der Waals surface area contributed by atoms with Gasteiger partial charge in [-0.1, -0.05) is 66.2 Å². The fourth-order valence-corrected chi connectivity index (χ4v) is 4.75. The number of nitrogens with zero attached hydrogens (tertiary/aromatic N) is 2. The van der Waals surface area contributed by atoms with Gasteiger partial charge in [-0.2, -0.15) is 0 Å². The minimum Gasteiger partial charge on any atom is -0.326 e. The Labute approximate surface area is 208 Å². The third-order valence-electron chi connectivity index (χ3n) is 6.16. The van der Waals surface area contributed by atoms with Crippen LogP contribution >= 0.6 is 11.6 Å². The largest absolute Gasteiger partial charge is 0.326 e. The zero-order chi connectivity index (χ0) is 24.5. The first-order chi connectivity index (χ1) is 16.9. The Morgan fingerprint density at radius 3 is 2.31 bits per heavy atom. The lowest BCUT2D eigenvalue weighted by molar-refractivity contribution is -0.114. The van der Waals surface area contributed by atoms with Crippen molar-refractivity contribution in [3.63, 3.8) is 0 Å². The Bertz CT molecular complexity index is 1630. The fourth-order valence-electron chi connectivity index (χ4n) is 4.55. The maximum absolute atomic E-state index is 11.7. The zero-order valence-electron chi connectivity index (χ0n) is 19.5. The summed E-state index contributed by atoms with van der Waals surface area (Å²) in [6.07, 6.45) is 0. The highest BCUT2D eigenvalue weighted by Gasteiger charge is 2.15. The van der Waals surface area contributed by atoms with Crippen molar-refractivity contribution in [1.29, 1.82) is 5.41 Å². The molecular formula is C29H25ClN4O. The predicted molar refractivity (Wildman–Crippen MR) is 142 cm³/mol. The molecule has 0 bridgehead atoms. The van der Waals surface area contributed by atoms with Crippen molar-refractivity contribution in [2.45, 2.75) is 20.4 Å². The first-order valence-corrected chi connectivity index (χ1v) is 11.8. The number of rotatable bonds is 5. The maximum Gasteiger partial charge on any atom is 0.221 e. The summed E-state index contributed by atoms with van der Waals surface area (Å²) in [5.41, 5.74) is 7.99. The van der Waals surface area contributed by atoms with Crippen molar-refractivity contribution >= 4 is 34.2 Å². The van der Waals surface area contributed by atoms with Gasteiger partial charge in [0.05, 0.1) is 17.6 Å². The molecule has 35 heavy (non-hydrogen) atoms. The van der Waals surface area contributed by atoms with E-state index < -0.39 is 0 Å². The van der Waals surface area contributed by atoms with Gasteiger partial charge < -0.3 is 9.88 Å². The molecule has 1 amide bonds. The molecule has 0 unspecified atom stereocenters. The summed E-state index contributed by atoms with van der Waals surface area (Å²) in [7, 11) is 0. The van der Waals surface area contributed by atoms with Crippen LogP contribution in [0.25, 0.3) is 27.8 Å². The lowest BCUT2D eigenvalue weighted by atomic mass is 9.98. The first-order valence-electron chi connectivity index (χ1n) is 11.4. The number of fused-ring (bicyclic) bond motifs is 1. The van der Waals surface area contributed by atoms with E-state index in [-0.39, 0.29) is 5.91 Å². The molecule has 6 heteroatoms. The van der Waals surface area contributed by atoms with E-state index in [1.807, 2.05) is 88.0 Å². The molecule has 0 spiro atoms. The molecule has 0 radical (unpaired) electrons. The minimum atomic E-state index is -0.104. The van der Waals surface area contributed by atoms with Gasteiger partial charge in [0, 0.05) is 28.9 Å². The molecular weight excluding hydrogens is 456 g/mol. The van der Waals surface area contributed by atoms with Crippen molar-refractivity contribution in [1.82, 2.24) is 9.13 Å². The highest BCUT2D eigenvalue weighted by Crippen LogP contribution is 2.32. The van der Waals surface area contributed by atoms with Crippen molar-refractivity contribution in [2.24, 2.45) is 0 Å². The number of carbonyl (C=O) groups excluding carboxylic acids is 1. The Kier molecular flexibility index (Phi) is 6.01. The number of aryl methyl sites for hydroxylation is 1. The monoisotopic (exact) mass is 480 g/mol. The second-order valence-corrected chi connectivity index (χ2v) is 8.96. The van der Waals surface area contributed by atoms with Gasteiger partial charge in [-0.3, -0.25) is 14.8 Å². The van der Waals surface area contributed by atoms with Crippen LogP contribution in [0.15, 0.2) is 91.0 Å². The molecule has 2 N–H and O–H groups in total. The first kappa shape index (κ1) is 22.7. The van der Waals surface area contributed by atoms with E-state index in [1.165, 1.54) is 6.92 Å². The van der Waals surface area contributed by atoms with Crippen molar-refractivity contribution < 1.29 is 4.79 Å². The van der Waals surface area contributed by atoms with Crippen molar-refractivity contribution in [3.05, 3.63) is 113 Å². The van der Waals surface area contributed by atoms with E-state index in [0.717, 1.165) is 44.7 Å². The molecule has 0 aliphatic rings. The third-order valence-corrected chi connectivity index (χ3v) is 6.53. The number of benzene rings is 4. The predicted octanol–water partition coefficient (Wildman–Crippen LogP) is 6.55. The average molecular weight is 481 g/mol. The lowest BCUT2D eigenvalue weighted by Gasteiger charge is -2.14. The van der Waals surface area contributed by atoms with Crippen LogP contribution in [-0.4, -0.2) is 15.0 Å². The molecule has 1 aromatic heterocycles. The average Bonchev–Trinajstić information content (AvgIpc) is 3.12. The van der Waals surface area contributed by atoms with Crippen LogP contribution in [0.3, 0.4) is 0 Å². The van der Waals surface area contributed by atoms with E-state index in [9.17, 15) is 4.79 Å². The summed E-state index contributed by atoms with van der Waals surface area (Å²) in [4.78, 5) is 11.7. The van der Waals surface area contributed by atoms with Crippen LogP contribution in [-0.2, 0) is 11.3 Å². The van der Waals surface area contributed by atoms with Gasteiger partial charge >= 0.3 is 0 Å². The van der Waals surface area contributed by atoms with Crippen molar-refractivity contribution in [2.75, 3.05) is 5.32 Å². The smallest absolute Gasteiger partial charge is 0.221 e. The summed E-state index contributed by atoms with van der Waals surface area (Å²) in [6, 6.07) is 29.7. The van der Waals surface area contributed by atoms with Crippen LogP contribution < -0.4 is 10.9 Å². The number of aromatic nitrogens is 2. The van der Waals surface area contributed by atoms with Crippen LogP contribution in [0.1, 0.15) is 18.1 Å². The SMILES string of the molecule is CC(=O)Nc1ccccc1-c1ccc(-n2c(=N)n(Cc3ccccc3Cl)c3ccccc32)cc1C. The number of amides is 1. The molecule has 5 aromatic rings. The highest BCUT2D eigenvalue weighted by molar-refractivity contribution is 6.31. The second-order valence-electron chi connectivity index (χ2n) is 8.55. The van der Waals surface area contributed by atoms with E-state index in [1.54, 1.807) is 0 Å². The minimum absolute atomic E-state index is 0.104. The lowest BCUT2D eigenvalue weighted by Crippen LogP contribution is -2.24. The van der Waals surface area contributed by atoms with Gasteiger partial charge in [-0.25, -0.2) is 0 Å². The highest BCUT2D eigenvalue weighted by atomic mass is 35.5. The van der Waals surface area contributed by atoms with Crippen LogP contribution in [0.4, 0.5) is 5.69 Å². The van der Waals surface area contributed by atoms with Gasteiger partial charge in [0.15, 0.2) is 0 Å².